The third-order valence-corrected chi connectivity index (χ3v) is 5.37. The smallest absolute Gasteiger partial charge is 0.323 e. The number of amides is 3. The molecule has 3 fully saturated rings. The molecule has 5 heteroatoms. The molecule has 0 spiro atoms. The van der Waals surface area contributed by atoms with Gasteiger partial charge in [0.05, 0.1) is 6.67 Å². The molecule has 2 saturated carbocycles. The predicted molar refractivity (Wildman–Crippen MR) is 80.6 cm³/mol. The average Bonchev–Trinajstić information content (AvgIpc) is 3.26. The van der Waals surface area contributed by atoms with Crippen LogP contribution in [0.2, 0.25) is 0 Å². The third-order valence-electron chi connectivity index (χ3n) is 5.37. The van der Waals surface area contributed by atoms with Gasteiger partial charge in [-0.3, -0.25) is 9.69 Å². The van der Waals surface area contributed by atoms with Crippen molar-refractivity contribution in [2.45, 2.75) is 57.4 Å². The van der Waals surface area contributed by atoms with Crippen molar-refractivity contribution in [2.24, 2.45) is 11.8 Å². The van der Waals surface area contributed by atoms with Gasteiger partial charge in [0.25, 0.3) is 5.91 Å². The zero-order valence-electron chi connectivity index (χ0n) is 13.2. The Morgan fingerprint density at radius 2 is 1.86 bits per heavy atom. The monoisotopic (exact) mass is 293 g/mol. The normalized spacial score (nSPS) is 31.1. The highest BCUT2D eigenvalue weighted by atomic mass is 16.2. The Hall–Kier alpha value is -1.10. The van der Waals surface area contributed by atoms with Crippen molar-refractivity contribution in [3.05, 3.63) is 0 Å². The van der Waals surface area contributed by atoms with Gasteiger partial charge >= 0.3 is 6.03 Å². The summed E-state index contributed by atoms with van der Waals surface area (Å²) >= 11 is 0. The van der Waals surface area contributed by atoms with Crippen LogP contribution in [0.25, 0.3) is 0 Å². The lowest BCUT2D eigenvalue weighted by Crippen LogP contribution is -2.47. The van der Waals surface area contributed by atoms with Crippen molar-refractivity contribution in [2.75, 3.05) is 20.3 Å². The maximum Gasteiger partial charge on any atom is 0.326 e. The Bertz CT molecular complexity index is 429. The first kappa shape index (κ1) is 14.8. The molecule has 1 aliphatic heterocycles. The number of carbonyl (C=O) groups excluding carboxylic acids is 2. The van der Waals surface area contributed by atoms with Crippen molar-refractivity contribution in [3.8, 4) is 0 Å². The standard InChI is InChI=1S/C16H27N3O2/c1-16(13-8-9-13)14(20)19(15(21)17-16)11-18(2)10-12-6-4-3-5-7-12/h12-13H,3-11H2,1-2H3,(H,17,21)/t16-/m0/s1. The summed E-state index contributed by atoms with van der Waals surface area (Å²) in [5, 5.41) is 2.91. The molecule has 5 nitrogen and oxygen atoms in total. The van der Waals surface area contributed by atoms with Crippen LogP contribution in [0.3, 0.4) is 0 Å². The van der Waals surface area contributed by atoms with E-state index in [0.29, 0.717) is 12.6 Å². The number of nitrogens with one attached hydrogen (secondary N) is 1. The maximum atomic E-state index is 12.6. The summed E-state index contributed by atoms with van der Waals surface area (Å²) < 4.78 is 0. The molecule has 3 aliphatic rings. The summed E-state index contributed by atoms with van der Waals surface area (Å²) in [6.45, 7) is 3.28. The minimum absolute atomic E-state index is 0.0366. The summed E-state index contributed by atoms with van der Waals surface area (Å²) in [5.74, 6) is 1.02. The minimum Gasteiger partial charge on any atom is -0.323 e. The predicted octanol–water partition coefficient (Wildman–Crippen LogP) is 2.18. The van der Waals surface area contributed by atoms with E-state index in [1.807, 2.05) is 14.0 Å². The fourth-order valence-electron chi connectivity index (χ4n) is 3.89. The van der Waals surface area contributed by atoms with Crippen LogP contribution in [0.5, 0.6) is 0 Å². The lowest BCUT2D eigenvalue weighted by atomic mass is 9.89. The molecule has 3 rings (SSSR count). The van der Waals surface area contributed by atoms with Crippen LogP contribution < -0.4 is 5.32 Å². The Labute approximate surface area is 127 Å². The average molecular weight is 293 g/mol. The summed E-state index contributed by atoms with van der Waals surface area (Å²) in [7, 11) is 2.02. The summed E-state index contributed by atoms with van der Waals surface area (Å²) in [6.07, 6.45) is 8.66. The van der Waals surface area contributed by atoms with Crippen LogP contribution >= 0.6 is 0 Å². The quantitative estimate of drug-likeness (QED) is 0.790. The van der Waals surface area contributed by atoms with Gasteiger partial charge in [-0.2, -0.15) is 0 Å². The first-order valence-corrected chi connectivity index (χ1v) is 8.33. The minimum atomic E-state index is -0.650. The fraction of sp³-hybridized carbons (Fsp3) is 0.875. The lowest BCUT2D eigenvalue weighted by molar-refractivity contribution is -0.132. The van der Waals surface area contributed by atoms with E-state index in [9.17, 15) is 9.59 Å². The van der Waals surface area contributed by atoms with Crippen LogP contribution in [0.4, 0.5) is 4.79 Å². The van der Waals surface area contributed by atoms with Crippen LogP contribution in [-0.2, 0) is 4.79 Å². The van der Waals surface area contributed by atoms with Gasteiger partial charge in [-0.1, -0.05) is 19.3 Å². The highest BCUT2D eigenvalue weighted by Crippen LogP contribution is 2.42. The fourth-order valence-corrected chi connectivity index (χ4v) is 3.89. The second kappa shape index (κ2) is 5.59. The molecule has 1 heterocycles. The summed E-state index contributed by atoms with van der Waals surface area (Å²) in [4.78, 5) is 28.2. The molecule has 0 unspecified atom stereocenters. The van der Waals surface area contributed by atoms with Crippen molar-refractivity contribution in [1.82, 2.24) is 15.1 Å². The summed E-state index contributed by atoms with van der Waals surface area (Å²) in [6, 6.07) is -0.218. The first-order valence-electron chi connectivity index (χ1n) is 8.33. The van der Waals surface area contributed by atoms with E-state index in [1.54, 1.807) is 0 Å². The van der Waals surface area contributed by atoms with Crippen molar-refractivity contribution in [3.63, 3.8) is 0 Å². The molecule has 2 aliphatic carbocycles. The molecule has 1 atom stereocenters. The number of rotatable bonds is 5. The third kappa shape index (κ3) is 2.93. The van der Waals surface area contributed by atoms with Crippen molar-refractivity contribution >= 4 is 11.9 Å². The molecule has 0 aromatic rings. The first-order chi connectivity index (χ1) is 10.0. The number of carbonyl (C=O) groups is 2. The zero-order chi connectivity index (χ0) is 15.0. The van der Waals surface area contributed by atoms with Gasteiger partial charge in [0, 0.05) is 6.54 Å². The van der Waals surface area contributed by atoms with Crippen LogP contribution in [0.1, 0.15) is 51.9 Å². The number of urea groups is 1. The van der Waals surface area contributed by atoms with E-state index in [1.165, 1.54) is 37.0 Å². The second-order valence-corrected chi connectivity index (χ2v) is 7.32. The van der Waals surface area contributed by atoms with Gasteiger partial charge in [0.2, 0.25) is 0 Å². The van der Waals surface area contributed by atoms with E-state index in [4.69, 9.17) is 0 Å². The Kier molecular flexibility index (Phi) is 3.95. The highest BCUT2D eigenvalue weighted by Gasteiger charge is 2.56. The van der Waals surface area contributed by atoms with E-state index in [2.05, 4.69) is 10.2 Å². The van der Waals surface area contributed by atoms with E-state index >= 15 is 0 Å². The molecule has 0 bridgehead atoms. The zero-order valence-corrected chi connectivity index (χ0v) is 13.2. The van der Waals surface area contributed by atoms with Gasteiger partial charge in [0.15, 0.2) is 0 Å². The van der Waals surface area contributed by atoms with Gasteiger partial charge in [-0.05, 0) is 51.5 Å². The van der Waals surface area contributed by atoms with Gasteiger partial charge in [-0.25, -0.2) is 9.69 Å². The van der Waals surface area contributed by atoms with E-state index in [0.717, 1.165) is 25.3 Å². The number of imide groups is 1. The molecule has 3 amide bonds. The number of nitrogens with zero attached hydrogens (tertiary/aromatic N) is 2. The van der Waals surface area contributed by atoms with Crippen molar-refractivity contribution in [1.29, 1.82) is 0 Å². The van der Waals surface area contributed by atoms with Gasteiger partial charge < -0.3 is 5.32 Å². The SMILES string of the molecule is CN(CC1CCCCC1)CN1C(=O)N[C@@](C)(C2CC2)C1=O. The number of hydrogen-bond acceptors (Lipinski definition) is 3. The topological polar surface area (TPSA) is 52.6 Å². The van der Waals surface area contributed by atoms with E-state index < -0.39 is 5.54 Å². The van der Waals surface area contributed by atoms with E-state index in [-0.39, 0.29) is 11.9 Å². The van der Waals surface area contributed by atoms with Crippen molar-refractivity contribution < 1.29 is 9.59 Å². The van der Waals surface area contributed by atoms with Crippen LogP contribution in [-0.4, -0.2) is 47.5 Å². The molecule has 1 saturated heterocycles. The maximum absolute atomic E-state index is 12.6. The molecule has 0 aromatic heterocycles. The Balaban J connectivity index is 1.56. The van der Waals surface area contributed by atoms with Gasteiger partial charge in [-0.15, -0.1) is 0 Å². The van der Waals surface area contributed by atoms with Gasteiger partial charge in [0.1, 0.15) is 5.54 Å². The Morgan fingerprint density at radius 1 is 1.19 bits per heavy atom. The lowest BCUT2D eigenvalue weighted by Gasteiger charge is -2.29. The molecular weight excluding hydrogens is 266 g/mol. The molecular formula is C16H27N3O2. The molecule has 118 valence electrons. The highest BCUT2D eigenvalue weighted by molar-refractivity contribution is 6.07. The Morgan fingerprint density at radius 3 is 2.48 bits per heavy atom. The molecule has 1 N–H and O–H groups in total. The summed E-state index contributed by atoms with van der Waals surface area (Å²) in [5.41, 5.74) is -0.650. The number of hydrogen-bond donors (Lipinski definition) is 1. The van der Waals surface area contributed by atoms with Crippen LogP contribution in [0.15, 0.2) is 0 Å². The molecule has 0 aromatic carbocycles. The second-order valence-electron chi connectivity index (χ2n) is 7.32. The molecule has 0 radical (unpaired) electrons. The largest absolute Gasteiger partial charge is 0.326 e. The molecule has 21 heavy (non-hydrogen) atoms. The van der Waals surface area contributed by atoms with Crippen LogP contribution in [0, 0.1) is 11.8 Å².